The Bertz CT molecular complexity index is 572. The van der Waals surface area contributed by atoms with Crippen LogP contribution in [0.3, 0.4) is 0 Å². The molecule has 1 aliphatic heterocycles. The molecule has 1 atom stereocenters. The molecule has 0 spiro atoms. The van der Waals surface area contributed by atoms with Crippen molar-refractivity contribution in [1.82, 2.24) is 0 Å². The van der Waals surface area contributed by atoms with Crippen LogP contribution in [0.1, 0.15) is 12.0 Å². The van der Waals surface area contributed by atoms with Crippen molar-refractivity contribution in [3.63, 3.8) is 0 Å². The van der Waals surface area contributed by atoms with Gasteiger partial charge < -0.3 is 15.7 Å². The van der Waals surface area contributed by atoms with Gasteiger partial charge in [-0.25, -0.2) is 0 Å². The minimum atomic E-state index is -4.56. The molecule has 1 aromatic carbocycles. The number of halogens is 3. The van der Waals surface area contributed by atoms with Gasteiger partial charge in [-0.1, -0.05) is 0 Å². The first-order valence-corrected chi connectivity index (χ1v) is 5.70. The highest BCUT2D eigenvalue weighted by molar-refractivity contribution is 6.01. The van der Waals surface area contributed by atoms with Crippen molar-refractivity contribution in [2.75, 3.05) is 17.2 Å². The highest BCUT2D eigenvalue weighted by Gasteiger charge is 2.37. The van der Waals surface area contributed by atoms with E-state index in [1.54, 1.807) is 0 Å². The van der Waals surface area contributed by atoms with Crippen LogP contribution >= 0.6 is 0 Å². The third-order valence-electron chi connectivity index (χ3n) is 3.12. The average molecular weight is 288 g/mol. The Hall–Kier alpha value is -2.25. The van der Waals surface area contributed by atoms with Crippen LogP contribution in [-0.2, 0) is 15.8 Å². The molecule has 0 aliphatic carbocycles. The van der Waals surface area contributed by atoms with E-state index in [9.17, 15) is 22.8 Å². The van der Waals surface area contributed by atoms with E-state index in [1.807, 2.05) is 0 Å². The first kappa shape index (κ1) is 14.2. The quantitative estimate of drug-likeness (QED) is 0.812. The van der Waals surface area contributed by atoms with Crippen molar-refractivity contribution in [2.24, 2.45) is 5.92 Å². The highest BCUT2D eigenvalue weighted by Crippen LogP contribution is 2.36. The smallest absolute Gasteiger partial charge is 0.416 e. The van der Waals surface area contributed by atoms with Crippen LogP contribution in [0.2, 0.25) is 0 Å². The van der Waals surface area contributed by atoms with E-state index in [-0.39, 0.29) is 24.3 Å². The molecule has 0 aromatic heterocycles. The standard InChI is InChI=1S/C12H11F3N2O3/c13-12(14,15)7-1-2-8(16)9(4-7)17-5-6(11(19)20)3-10(17)18/h1-2,4,6H,3,5,16H2,(H,19,20). The van der Waals surface area contributed by atoms with E-state index in [1.165, 1.54) is 0 Å². The minimum absolute atomic E-state index is 0.00242. The van der Waals surface area contributed by atoms with Crippen molar-refractivity contribution < 1.29 is 27.9 Å². The lowest BCUT2D eigenvalue weighted by Crippen LogP contribution is -2.27. The molecule has 0 radical (unpaired) electrons. The predicted molar refractivity (Wildman–Crippen MR) is 64.0 cm³/mol. The zero-order valence-electron chi connectivity index (χ0n) is 10.1. The molecule has 108 valence electrons. The first-order chi connectivity index (χ1) is 9.20. The van der Waals surface area contributed by atoms with Crippen LogP contribution in [0.4, 0.5) is 24.5 Å². The molecule has 8 heteroatoms. The van der Waals surface area contributed by atoms with Gasteiger partial charge in [-0.2, -0.15) is 13.2 Å². The number of amides is 1. The Morgan fingerprint density at radius 3 is 2.55 bits per heavy atom. The zero-order chi connectivity index (χ0) is 15.1. The van der Waals surface area contributed by atoms with Crippen LogP contribution in [-0.4, -0.2) is 23.5 Å². The van der Waals surface area contributed by atoms with E-state index in [4.69, 9.17) is 10.8 Å². The Morgan fingerprint density at radius 1 is 1.40 bits per heavy atom. The summed E-state index contributed by atoms with van der Waals surface area (Å²) in [5.41, 5.74) is 4.55. The largest absolute Gasteiger partial charge is 0.481 e. The molecule has 1 heterocycles. The lowest BCUT2D eigenvalue weighted by Gasteiger charge is -2.20. The molecule has 1 unspecified atom stereocenters. The fourth-order valence-corrected chi connectivity index (χ4v) is 2.06. The molecule has 2 rings (SSSR count). The number of rotatable bonds is 2. The maximum absolute atomic E-state index is 12.7. The maximum Gasteiger partial charge on any atom is 0.416 e. The third kappa shape index (κ3) is 2.54. The summed E-state index contributed by atoms with van der Waals surface area (Å²) in [5.74, 6) is -2.65. The Balaban J connectivity index is 2.38. The van der Waals surface area contributed by atoms with Crippen molar-refractivity contribution >= 4 is 23.3 Å². The van der Waals surface area contributed by atoms with Gasteiger partial charge in [-0.15, -0.1) is 0 Å². The van der Waals surface area contributed by atoms with Gasteiger partial charge in [0, 0.05) is 13.0 Å². The summed E-state index contributed by atoms with van der Waals surface area (Å²) in [5, 5.41) is 8.86. The number of carboxylic acid groups (broad SMARTS) is 1. The van der Waals surface area contributed by atoms with E-state index in [2.05, 4.69) is 0 Å². The number of nitrogens with two attached hydrogens (primary N) is 1. The summed E-state index contributed by atoms with van der Waals surface area (Å²) in [6, 6.07) is 2.63. The van der Waals surface area contributed by atoms with Gasteiger partial charge >= 0.3 is 12.1 Å². The molecule has 1 saturated heterocycles. The normalized spacial score (nSPS) is 19.4. The Kier molecular flexibility index (Phi) is 3.33. The van der Waals surface area contributed by atoms with Gasteiger partial charge in [-0.05, 0) is 18.2 Å². The number of alkyl halides is 3. The summed E-state index contributed by atoms with van der Waals surface area (Å²) in [4.78, 5) is 23.6. The summed E-state index contributed by atoms with van der Waals surface area (Å²) < 4.78 is 38.0. The minimum Gasteiger partial charge on any atom is -0.481 e. The van der Waals surface area contributed by atoms with Crippen molar-refractivity contribution in [2.45, 2.75) is 12.6 Å². The van der Waals surface area contributed by atoms with Crippen LogP contribution in [0, 0.1) is 5.92 Å². The molecular formula is C12H11F3N2O3. The predicted octanol–water partition coefficient (Wildman–Crippen LogP) is 1.73. The fourth-order valence-electron chi connectivity index (χ4n) is 2.06. The number of carboxylic acids is 1. The van der Waals surface area contributed by atoms with E-state index >= 15 is 0 Å². The molecule has 1 fully saturated rings. The lowest BCUT2D eigenvalue weighted by molar-refractivity contribution is -0.141. The second-order valence-electron chi connectivity index (χ2n) is 4.51. The summed E-state index contributed by atoms with van der Waals surface area (Å²) in [7, 11) is 0. The highest BCUT2D eigenvalue weighted by atomic mass is 19.4. The number of hydrogen-bond donors (Lipinski definition) is 2. The van der Waals surface area contributed by atoms with Crippen LogP contribution in [0.5, 0.6) is 0 Å². The number of nitrogens with zero attached hydrogens (tertiary/aromatic N) is 1. The van der Waals surface area contributed by atoms with Gasteiger partial charge in [0.05, 0.1) is 22.9 Å². The van der Waals surface area contributed by atoms with E-state index < -0.39 is 29.5 Å². The summed E-state index contributed by atoms with van der Waals surface area (Å²) in [6.07, 6.45) is -4.80. The van der Waals surface area contributed by atoms with Gasteiger partial charge in [0.25, 0.3) is 0 Å². The van der Waals surface area contributed by atoms with E-state index in [0.717, 1.165) is 23.1 Å². The Morgan fingerprint density at radius 2 is 2.05 bits per heavy atom. The molecule has 20 heavy (non-hydrogen) atoms. The van der Waals surface area contributed by atoms with Crippen molar-refractivity contribution in [3.8, 4) is 0 Å². The van der Waals surface area contributed by atoms with Crippen LogP contribution in [0.15, 0.2) is 18.2 Å². The average Bonchev–Trinajstić information content (AvgIpc) is 2.70. The first-order valence-electron chi connectivity index (χ1n) is 5.70. The monoisotopic (exact) mass is 288 g/mol. The summed E-state index contributed by atoms with van der Waals surface area (Å²) in [6.45, 7) is -0.181. The molecule has 3 N–H and O–H groups in total. The number of benzene rings is 1. The topological polar surface area (TPSA) is 83.6 Å². The number of nitrogen functional groups attached to an aromatic ring is 1. The van der Waals surface area contributed by atoms with E-state index in [0.29, 0.717) is 0 Å². The van der Waals surface area contributed by atoms with Crippen LogP contribution in [0.25, 0.3) is 0 Å². The molecule has 0 bridgehead atoms. The fraction of sp³-hybridized carbons (Fsp3) is 0.333. The van der Waals surface area contributed by atoms with Crippen molar-refractivity contribution in [3.05, 3.63) is 23.8 Å². The SMILES string of the molecule is Nc1ccc(C(F)(F)F)cc1N1CC(C(=O)O)CC1=O. The van der Waals surface area contributed by atoms with Crippen LogP contribution < -0.4 is 10.6 Å². The van der Waals surface area contributed by atoms with Crippen molar-refractivity contribution in [1.29, 1.82) is 0 Å². The van der Waals surface area contributed by atoms with Gasteiger partial charge in [0.2, 0.25) is 5.91 Å². The molecule has 1 aromatic rings. The third-order valence-corrected chi connectivity index (χ3v) is 3.12. The zero-order valence-corrected chi connectivity index (χ0v) is 10.1. The number of carbonyl (C=O) groups excluding carboxylic acids is 1. The Labute approximate surface area is 111 Å². The summed E-state index contributed by atoms with van der Waals surface area (Å²) >= 11 is 0. The maximum atomic E-state index is 12.7. The van der Waals surface area contributed by atoms with Gasteiger partial charge in [0.1, 0.15) is 0 Å². The van der Waals surface area contributed by atoms with Gasteiger partial charge in [0.15, 0.2) is 0 Å². The lowest BCUT2D eigenvalue weighted by atomic mass is 10.1. The number of aliphatic carboxylic acids is 1. The number of hydrogen-bond acceptors (Lipinski definition) is 3. The molecule has 5 nitrogen and oxygen atoms in total. The van der Waals surface area contributed by atoms with Gasteiger partial charge in [-0.3, -0.25) is 9.59 Å². The molecule has 0 saturated carbocycles. The second-order valence-corrected chi connectivity index (χ2v) is 4.51. The number of carbonyl (C=O) groups is 2. The molecular weight excluding hydrogens is 277 g/mol. The molecule has 1 amide bonds. The second kappa shape index (κ2) is 4.69. The number of anilines is 2. The molecule has 1 aliphatic rings.